The van der Waals surface area contributed by atoms with Crippen molar-refractivity contribution < 1.29 is 23.5 Å². The highest BCUT2D eigenvalue weighted by Crippen LogP contribution is 2.24. The summed E-state index contributed by atoms with van der Waals surface area (Å²) >= 11 is 0. The maximum Gasteiger partial charge on any atom is 0.411 e. The first-order valence-electron chi connectivity index (χ1n) is 7.60. The summed E-state index contributed by atoms with van der Waals surface area (Å²) in [4.78, 5) is 25.4. The molecule has 1 heterocycles. The van der Waals surface area contributed by atoms with Gasteiger partial charge in [0.2, 0.25) is 0 Å². The fourth-order valence-electron chi connectivity index (χ4n) is 2.36. The molecule has 0 spiro atoms. The van der Waals surface area contributed by atoms with Crippen molar-refractivity contribution in [3.05, 3.63) is 35.9 Å². The number of benzene rings is 1. The Bertz CT molecular complexity index is 555. The first kappa shape index (κ1) is 17.2. The molecule has 6 heteroatoms. The average molecular weight is 323 g/mol. The number of amides is 1. The second-order valence-corrected chi connectivity index (χ2v) is 6.57. The van der Waals surface area contributed by atoms with Crippen molar-refractivity contribution >= 4 is 12.1 Å². The topological polar surface area (TPSA) is 55.8 Å². The summed E-state index contributed by atoms with van der Waals surface area (Å²) in [5.74, 6) is -0.611. The fourth-order valence-corrected chi connectivity index (χ4v) is 2.36. The summed E-state index contributed by atoms with van der Waals surface area (Å²) in [6.07, 6.45) is -2.01. The third-order valence-electron chi connectivity index (χ3n) is 3.37. The van der Waals surface area contributed by atoms with E-state index in [1.54, 1.807) is 20.8 Å². The van der Waals surface area contributed by atoms with Gasteiger partial charge in [0.1, 0.15) is 24.4 Å². The molecule has 2 rings (SSSR count). The Kier molecular flexibility index (Phi) is 5.23. The van der Waals surface area contributed by atoms with Crippen LogP contribution in [0.4, 0.5) is 9.18 Å². The molecule has 1 fully saturated rings. The molecule has 0 saturated carbocycles. The summed E-state index contributed by atoms with van der Waals surface area (Å²) < 4.78 is 24.1. The lowest BCUT2D eigenvalue weighted by Gasteiger charge is -2.27. The number of likely N-dealkylation sites (tertiary alicyclic amines) is 1. The first-order chi connectivity index (χ1) is 10.8. The molecule has 1 aromatic carbocycles. The maximum absolute atomic E-state index is 13.7. The number of nitrogens with zero attached hydrogens (tertiary/aromatic N) is 1. The van der Waals surface area contributed by atoms with Gasteiger partial charge in [-0.05, 0) is 26.3 Å². The van der Waals surface area contributed by atoms with Crippen LogP contribution in [-0.2, 0) is 20.9 Å². The van der Waals surface area contributed by atoms with Crippen molar-refractivity contribution in [3.63, 3.8) is 0 Å². The number of carbonyl (C=O) groups excluding carboxylic acids is 2. The van der Waals surface area contributed by atoms with E-state index in [0.717, 1.165) is 10.5 Å². The summed E-state index contributed by atoms with van der Waals surface area (Å²) in [5, 5.41) is 0. The number of esters is 1. The Morgan fingerprint density at radius 2 is 1.91 bits per heavy atom. The van der Waals surface area contributed by atoms with Crippen molar-refractivity contribution in [1.29, 1.82) is 0 Å². The molecule has 126 valence electrons. The van der Waals surface area contributed by atoms with Crippen LogP contribution in [0.25, 0.3) is 0 Å². The molecule has 1 amide bonds. The van der Waals surface area contributed by atoms with Crippen LogP contribution in [-0.4, -0.2) is 41.3 Å². The number of halogens is 1. The van der Waals surface area contributed by atoms with Crippen LogP contribution in [0, 0.1) is 0 Å². The van der Waals surface area contributed by atoms with Gasteiger partial charge in [0.25, 0.3) is 0 Å². The number of hydrogen-bond acceptors (Lipinski definition) is 4. The van der Waals surface area contributed by atoms with Gasteiger partial charge >= 0.3 is 12.1 Å². The lowest BCUT2D eigenvalue weighted by atomic mass is 10.2. The molecule has 0 radical (unpaired) electrons. The van der Waals surface area contributed by atoms with Crippen molar-refractivity contribution in [3.8, 4) is 0 Å². The van der Waals surface area contributed by atoms with Crippen LogP contribution in [0.2, 0.25) is 0 Å². The van der Waals surface area contributed by atoms with E-state index in [-0.39, 0.29) is 19.6 Å². The molecular weight excluding hydrogens is 301 g/mol. The molecule has 2 atom stereocenters. The fraction of sp³-hybridized carbons (Fsp3) is 0.529. The van der Waals surface area contributed by atoms with E-state index in [1.807, 2.05) is 30.3 Å². The maximum atomic E-state index is 13.7. The van der Waals surface area contributed by atoms with Crippen LogP contribution in [0.5, 0.6) is 0 Å². The van der Waals surface area contributed by atoms with Gasteiger partial charge in [-0.25, -0.2) is 14.0 Å². The third-order valence-corrected chi connectivity index (χ3v) is 3.37. The second kappa shape index (κ2) is 6.98. The number of hydrogen-bond donors (Lipinski definition) is 0. The number of ether oxygens (including phenoxy) is 2. The van der Waals surface area contributed by atoms with Crippen LogP contribution >= 0.6 is 0 Å². The number of rotatable bonds is 3. The smallest absolute Gasteiger partial charge is 0.411 e. The van der Waals surface area contributed by atoms with Crippen molar-refractivity contribution in [2.75, 3.05) is 6.54 Å². The van der Waals surface area contributed by atoms with Gasteiger partial charge < -0.3 is 9.47 Å². The van der Waals surface area contributed by atoms with Crippen molar-refractivity contribution in [2.24, 2.45) is 0 Å². The Morgan fingerprint density at radius 1 is 1.26 bits per heavy atom. The van der Waals surface area contributed by atoms with E-state index in [2.05, 4.69) is 0 Å². The van der Waals surface area contributed by atoms with Crippen LogP contribution < -0.4 is 0 Å². The van der Waals surface area contributed by atoms with Gasteiger partial charge in [-0.1, -0.05) is 30.3 Å². The molecule has 1 aliphatic rings. The van der Waals surface area contributed by atoms with Gasteiger partial charge in [-0.2, -0.15) is 0 Å². The normalized spacial score (nSPS) is 21.1. The van der Waals surface area contributed by atoms with E-state index in [9.17, 15) is 14.0 Å². The van der Waals surface area contributed by atoms with E-state index in [1.165, 1.54) is 0 Å². The summed E-state index contributed by atoms with van der Waals surface area (Å²) in [6.45, 7) is 5.10. The molecule has 1 aliphatic heterocycles. The minimum atomic E-state index is -1.25. The Hall–Kier alpha value is -2.11. The zero-order chi connectivity index (χ0) is 17.0. The molecule has 0 aliphatic carbocycles. The average Bonchev–Trinajstić information content (AvgIpc) is 2.86. The van der Waals surface area contributed by atoms with Gasteiger partial charge in [-0.3, -0.25) is 4.90 Å². The van der Waals surface area contributed by atoms with Gasteiger partial charge in [0.15, 0.2) is 0 Å². The molecule has 0 bridgehead atoms. The number of carbonyl (C=O) groups is 2. The molecule has 0 aromatic heterocycles. The van der Waals surface area contributed by atoms with Gasteiger partial charge in [0, 0.05) is 6.42 Å². The van der Waals surface area contributed by atoms with Crippen molar-refractivity contribution in [1.82, 2.24) is 4.90 Å². The SMILES string of the molecule is CC(C)(C)OC(=O)N1C[C@H](F)C[C@H]1C(=O)OCc1ccccc1. The van der Waals surface area contributed by atoms with Crippen LogP contribution in [0.1, 0.15) is 32.8 Å². The number of alkyl halides is 1. The highest BCUT2D eigenvalue weighted by Gasteiger charge is 2.42. The Morgan fingerprint density at radius 3 is 2.52 bits per heavy atom. The molecule has 5 nitrogen and oxygen atoms in total. The largest absolute Gasteiger partial charge is 0.459 e. The van der Waals surface area contributed by atoms with Gasteiger partial charge in [0.05, 0.1) is 6.54 Å². The molecule has 1 saturated heterocycles. The lowest BCUT2D eigenvalue weighted by Crippen LogP contribution is -2.44. The standard InChI is InChI=1S/C17H22FNO4/c1-17(2,3)23-16(21)19-10-13(18)9-14(19)15(20)22-11-12-7-5-4-6-8-12/h4-8,13-14H,9-11H2,1-3H3/t13-,14+/m1/s1. The summed E-state index contributed by atoms with van der Waals surface area (Å²) in [6, 6.07) is 8.24. The Balaban J connectivity index is 1.98. The van der Waals surface area contributed by atoms with E-state index in [4.69, 9.17) is 9.47 Å². The minimum absolute atomic E-state index is 0.0626. The predicted octanol–water partition coefficient (Wildman–Crippen LogP) is 3.08. The Labute approximate surface area is 135 Å². The lowest BCUT2D eigenvalue weighted by molar-refractivity contribution is -0.150. The second-order valence-electron chi connectivity index (χ2n) is 6.57. The third kappa shape index (κ3) is 4.94. The summed E-state index contributed by atoms with van der Waals surface area (Å²) in [5.41, 5.74) is 0.128. The van der Waals surface area contributed by atoms with Crippen LogP contribution in [0.3, 0.4) is 0 Å². The van der Waals surface area contributed by atoms with Crippen LogP contribution in [0.15, 0.2) is 30.3 Å². The molecule has 1 aromatic rings. The molecule has 23 heavy (non-hydrogen) atoms. The minimum Gasteiger partial charge on any atom is -0.459 e. The highest BCUT2D eigenvalue weighted by atomic mass is 19.1. The first-order valence-corrected chi connectivity index (χ1v) is 7.60. The summed E-state index contributed by atoms with van der Waals surface area (Å²) in [7, 11) is 0. The zero-order valence-corrected chi connectivity index (χ0v) is 13.6. The zero-order valence-electron chi connectivity index (χ0n) is 13.6. The molecular formula is C17H22FNO4. The van der Waals surface area contributed by atoms with Gasteiger partial charge in [-0.15, -0.1) is 0 Å². The molecule has 0 unspecified atom stereocenters. The predicted molar refractivity (Wildman–Crippen MR) is 82.5 cm³/mol. The monoisotopic (exact) mass is 323 g/mol. The van der Waals surface area contributed by atoms with E-state index >= 15 is 0 Å². The highest BCUT2D eigenvalue weighted by molar-refractivity contribution is 5.82. The van der Waals surface area contributed by atoms with E-state index < -0.39 is 29.9 Å². The van der Waals surface area contributed by atoms with E-state index in [0.29, 0.717) is 0 Å². The quantitative estimate of drug-likeness (QED) is 0.802. The van der Waals surface area contributed by atoms with Crippen molar-refractivity contribution in [2.45, 2.75) is 51.6 Å². The molecule has 0 N–H and O–H groups in total.